The summed E-state index contributed by atoms with van der Waals surface area (Å²) in [5.74, 6) is 1.27. The third kappa shape index (κ3) is 4.31. The molecule has 9 nitrogen and oxygen atoms in total. The second-order valence-corrected chi connectivity index (χ2v) is 9.81. The highest BCUT2D eigenvalue weighted by atomic mass is 32.1. The number of rotatable bonds is 5. The fourth-order valence-corrected chi connectivity index (χ4v) is 5.20. The van der Waals surface area contributed by atoms with E-state index in [9.17, 15) is 5.11 Å². The molecule has 6 rings (SSSR count). The average molecular weight is 488 g/mol. The van der Waals surface area contributed by atoms with E-state index in [-0.39, 0.29) is 6.10 Å². The second kappa shape index (κ2) is 8.88. The van der Waals surface area contributed by atoms with Gasteiger partial charge in [-0.1, -0.05) is 0 Å². The average Bonchev–Trinajstić information content (AvgIpc) is 3.50. The number of ether oxygens (including phenoxy) is 1. The lowest BCUT2D eigenvalue weighted by Crippen LogP contribution is -2.47. The van der Waals surface area contributed by atoms with Gasteiger partial charge in [0.2, 0.25) is 0 Å². The Morgan fingerprint density at radius 1 is 1.09 bits per heavy atom. The lowest BCUT2D eigenvalue weighted by Gasteiger charge is -2.34. The number of aliphatic hydroxyl groups excluding tert-OH is 1. The molecule has 5 aromatic rings. The molecule has 35 heavy (non-hydrogen) atoms. The Bertz CT molecular complexity index is 1510. The van der Waals surface area contributed by atoms with E-state index in [0.717, 1.165) is 44.5 Å². The maximum atomic E-state index is 10.7. The Balaban J connectivity index is 1.46. The molecule has 2 aromatic carbocycles. The van der Waals surface area contributed by atoms with E-state index < -0.39 is 6.10 Å². The van der Waals surface area contributed by atoms with E-state index in [1.54, 1.807) is 22.3 Å². The zero-order chi connectivity index (χ0) is 23.9. The Morgan fingerprint density at radius 2 is 2.00 bits per heavy atom. The van der Waals surface area contributed by atoms with Gasteiger partial charge in [-0.05, 0) is 49.4 Å². The summed E-state index contributed by atoms with van der Waals surface area (Å²) in [5.41, 5.74) is 6.36. The van der Waals surface area contributed by atoms with Crippen LogP contribution in [0.3, 0.4) is 0 Å². The van der Waals surface area contributed by atoms with Crippen molar-refractivity contribution in [1.82, 2.24) is 29.6 Å². The SMILES string of the molecule is CN1CC[C@@H](O)[C@H](Oc2cc(-c3cnn(C)c3)cc3ncnc(Nc4ccc5ncsc5c4)c23)C1. The van der Waals surface area contributed by atoms with Gasteiger partial charge in [0.15, 0.2) is 0 Å². The van der Waals surface area contributed by atoms with Gasteiger partial charge in [-0.2, -0.15) is 5.10 Å². The largest absolute Gasteiger partial charge is 0.486 e. The van der Waals surface area contributed by atoms with Gasteiger partial charge in [-0.3, -0.25) is 4.68 Å². The van der Waals surface area contributed by atoms with E-state index in [0.29, 0.717) is 24.5 Å². The van der Waals surface area contributed by atoms with Crippen LogP contribution in [0.1, 0.15) is 6.42 Å². The standard InChI is InChI=1S/C25H25N7O2S/c1-31-6-5-20(33)22(12-31)34-21-8-15(16-10-29-32(2)11-16)7-19-24(21)25(27-13-26-19)30-17-3-4-18-23(9-17)35-14-28-18/h3-4,7-11,13-14,20,22,33H,5-6,12H2,1-2H3,(H,26,27,30)/t20-,22-/m1/s1. The zero-order valence-electron chi connectivity index (χ0n) is 19.4. The minimum absolute atomic E-state index is 0.359. The molecule has 0 aliphatic carbocycles. The maximum Gasteiger partial charge on any atom is 0.145 e. The monoisotopic (exact) mass is 487 g/mol. The minimum Gasteiger partial charge on any atom is -0.486 e. The quantitative estimate of drug-likeness (QED) is 0.386. The number of hydrogen-bond acceptors (Lipinski definition) is 9. The molecule has 3 aromatic heterocycles. The topological polar surface area (TPSA) is 101 Å². The van der Waals surface area contributed by atoms with Crippen LogP contribution >= 0.6 is 11.3 Å². The van der Waals surface area contributed by atoms with Crippen LogP contribution in [0, 0.1) is 0 Å². The Morgan fingerprint density at radius 3 is 2.86 bits per heavy atom. The molecule has 0 spiro atoms. The minimum atomic E-state index is -0.543. The van der Waals surface area contributed by atoms with Crippen molar-refractivity contribution in [3.63, 3.8) is 0 Å². The van der Waals surface area contributed by atoms with Gasteiger partial charge >= 0.3 is 0 Å². The van der Waals surface area contributed by atoms with Crippen LogP contribution in [-0.2, 0) is 7.05 Å². The Kier molecular flexibility index (Phi) is 5.56. The predicted molar refractivity (Wildman–Crippen MR) is 137 cm³/mol. The number of benzene rings is 2. The van der Waals surface area contributed by atoms with Gasteiger partial charge in [-0.25, -0.2) is 15.0 Å². The highest BCUT2D eigenvalue weighted by Crippen LogP contribution is 2.37. The number of piperidine rings is 1. The van der Waals surface area contributed by atoms with Crippen molar-refractivity contribution in [2.45, 2.75) is 18.6 Å². The van der Waals surface area contributed by atoms with Crippen molar-refractivity contribution in [2.75, 3.05) is 25.5 Å². The molecular formula is C25H25N7O2S. The number of aliphatic hydroxyl groups is 1. The summed E-state index contributed by atoms with van der Waals surface area (Å²) < 4.78 is 9.37. The van der Waals surface area contributed by atoms with Crippen LogP contribution < -0.4 is 10.1 Å². The van der Waals surface area contributed by atoms with Crippen molar-refractivity contribution in [3.8, 4) is 16.9 Å². The molecule has 1 aliphatic heterocycles. The predicted octanol–water partition coefficient (Wildman–Crippen LogP) is 3.83. The molecular weight excluding hydrogens is 462 g/mol. The van der Waals surface area contributed by atoms with E-state index in [1.807, 2.05) is 56.3 Å². The normalized spacial score (nSPS) is 18.8. The van der Waals surface area contributed by atoms with Gasteiger partial charge < -0.3 is 20.1 Å². The molecule has 0 unspecified atom stereocenters. The summed E-state index contributed by atoms with van der Waals surface area (Å²) in [4.78, 5) is 15.7. The highest BCUT2D eigenvalue weighted by Gasteiger charge is 2.29. The van der Waals surface area contributed by atoms with E-state index >= 15 is 0 Å². The number of nitrogens with one attached hydrogen (secondary N) is 1. The van der Waals surface area contributed by atoms with Crippen LogP contribution in [0.5, 0.6) is 5.75 Å². The third-order valence-electron chi connectivity index (χ3n) is 6.34. The molecule has 2 N–H and O–H groups in total. The molecule has 0 bridgehead atoms. The van der Waals surface area contributed by atoms with Crippen LogP contribution in [0.25, 0.3) is 32.2 Å². The van der Waals surface area contributed by atoms with Gasteiger partial charge in [0.25, 0.3) is 0 Å². The number of nitrogens with zero attached hydrogens (tertiary/aromatic N) is 6. The fourth-order valence-electron chi connectivity index (χ4n) is 4.49. The first-order chi connectivity index (χ1) is 17.0. The van der Waals surface area contributed by atoms with Crippen LogP contribution in [0.4, 0.5) is 11.5 Å². The number of fused-ring (bicyclic) bond motifs is 2. The molecule has 4 heterocycles. The lowest BCUT2D eigenvalue weighted by molar-refractivity contribution is -0.0169. The smallest absolute Gasteiger partial charge is 0.145 e. The second-order valence-electron chi connectivity index (χ2n) is 8.93. The van der Waals surface area contributed by atoms with Crippen molar-refractivity contribution >= 4 is 44.0 Å². The van der Waals surface area contributed by atoms with E-state index in [4.69, 9.17) is 4.74 Å². The summed E-state index contributed by atoms with van der Waals surface area (Å²) in [5, 5.41) is 19.2. The summed E-state index contributed by atoms with van der Waals surface area (Å²) in [6.45, 7) is 1.48. The third-order valence-corrected chi connectivity index (χ3v) is 7.13. The first-order valence-corrected chi connectivity index (χ1v) is 12.3. The van der Waals surface area contributed by atoms with Crippen LogP contribution in [0.15, 0.2) is 54.6 Å². The highest BCUT2D eigenvalue weighted by molar-refractivity contribution is 7.16. The van der Waals surface area contributed by atoms with Crippen molar-refractivity contribution < 1.29 is 9.84 Å². The molecule has 10 heteroatoms. The number of likely N-dealkylation sites (N-methyl/N-ethyl adjacent to an activating group) is 1. The molecule has 0 amide bonds. The molecule has 1 saturated heterocycles. The number of hydrogen-bond donors (Lipinski definition) is 2. The fraction of sp³-hybridized carbons (Fsp3) is 0.280. The summed E-state index contributed by atoms with van der Waals surface area (Å²) in [7, 11) is 3.93. The van der Waals surface area contributed by atoms with Gasteiger partial charge in [0.05, 0.1) is 38.9 Å². The van der Waals surface area contributed by atoms with Crippen LogP contribution in [-0.4, -0.2) is 67.1 Å². The zero-order valence-corrected chi connectivity index (χ0v) is 20.2. The van der Waals surface area contributed by atoms with E-state index in [1.165, 1.54) is 0 Å². The molecule has 2 atom stereocenters. The first-order valence-electron chi connectivity index (χ1n) is 11.4. The summed E-state index contributed by atoms with van der Waals surface area (Å²) in [6, 6.07) is 10.0. The van der Waals surface area contributed by atoms with Gasteiger partial charge in [-0.15, -0.1) is 11.3 Å². The molecule has 0 radical (unpaired) electrons. The van der Waals surface area contributed by atoms with Crippen molar-refractivity contribution in [1.29, 1.82) is 0 Å². The number of aryl methyl sites for hydroxylation is 1. The molecule has 1 fully saturated rings. The lowest BCUT2D eigenvalue weighted by atomic mass is 10.0. The maximum absolute atomic E-state index is 10.7. The first kappa shape index (κ1) is 21.9. The number of thiazole rings is 1. The number of aromatic nitrogens is 5. The summed E-state index contributed by atoms with van der Waals surface area (Å²) in [6.07, 6.45) is 5.09. The number of anilines is 2. The summed E-state index contributed by atoms with van der Waals surface area (Å²) >= 11 is 1.60. The Hall–Kier alpha value is -3.60. The number of likely N-dealkylation sites (tertiary alicyclic amines) is 1. The van der Waals surface area contributed by atoms with Crippen molar-refractivity contribution in [2.24, 2.45) is 7.05 Å². The van der Waals surface area contributed by atoms with E-state index in [2.05, 4.69) is 36.3 Å². The van der Waals surface area contributed by atoms with Gasteiger partial charge in [0.1, 0.15) is 24.0 Å². The molecule has 1 aliphatic rings. The van der Waals surface area contributed by atoms with Crippen LogP contribution in [0.2, 0.25) is 0 Å². The Labute approximate surface area is 206 Å². The van der Waals surface area contributed by atoms with Crippen molar-refractivity contribution in [3.05, 3.63) is 54.6 Å². The van der Waals surface area contributed by atoms with Gasteiger partial charge in [0, 0.05) is 37.6 Å². The molecule has 178 valence electrons. The molecule has 0 saturated carbocycles.